The van der Waals surface area contributed by atoms with Crippen molar-refractivity contribution in [3.05, 3.63) is 81.6 Å². The summed E-state index contributed by atoms with van der Waals surface area (Å²) in [5, 5.41) is 6.98. The van der Waals surface area contributed by atoms with Crippen LogP contribution >= 0.6 is 23.2 Å². The van der Waals surface area contributed by atoms with E-state index in [2.05, 4.69) is 20.6 Å². The number of aromatic nitrogens is 2. The Hall–Kier alpha value is -2.89. The van der Waals surface area contributed by atoms with Crippen LogP contribution in [0.25, 0.3) is 6.08 Å². The van der Waals surface area contributed by atoms with Gasteiger partial charge in [0.15, 0.2) is 0 Å². The van der Waals surface area contributed by atoms with Gasteiger partial charge in [0.25, 0.3) is 0 Å². The summed E-state index contributed by atoms with van der Waals surface area (Å²) in [5.74, 6) is 0.279. The van der Waals surface area contributed by atoms with E-state index in [1.54, 1.807) is 36.4 Å². The summed E-state index contributed by atoms with van der Waals surface area (Å²) < 4.78 is 0. The van der Waals surface area contributed by atoms with Crippen LogP contribution in [0.4, 0.5) is 17.3 Å². The lowest BCUT2D eigenvalue weighted by Gasteiger charge is -2.08. The number of benzene rings is 2. The molecule has 0 unspecified atom stereocenters. The van der Waals surface area contributed by atoms with E-state index in [4.69, 9.17) is 23.2 Å². The SMILES string of the molecule is Cc1cc(C)nc(Nc2ccc(NC(=O)/C=C/c3ccc(Cl)cc3Cl)cc2)n1. The molecule has 28 heavy (non-hydrogen) atoms. The molecule has 0 aliphatic heterocycles. The molecule has 7 heteroatoms. The Morgan fingerprint density at radius 1 is 0.929 bits per heavy atom. The number of nitrogens with one attached hydrogen (secondary N) is 2. The van der Waals surface area contributed by atoms with Crippen molar-refractivity contribution in [2.75, 3.05) is 10.6 Å². The lowest BCUT2D eigenvalue weighted by Crippen LogP contribution is -2.07. The molecule has 2 aromatic carbocycles. The van der Waals surface area contributed by atoms with E-state index in [0.29, 0.717) is 27.2 Å². The molecule has 1 amide bonds. The number of hydrogen-bond acceptors (Lipinski definition) is 4. The lowest BCUT2D eigenvalue weighted by atomic mass is 10.2. The molecule has 1 aromatic heterocycles. The fourth-order valence-electron chi connectivity index (χ4n) is 2.53. The minimum atomic E-state index is -0.260. The first-order valence-electron chi connectivity index (χ1n) is 8.52. The average molecular weight is 413 g/mol. The van der Waals surface area contributed by atoms with Gasteiger partial charge in [-0.3, -0.25) is 4.79 Å². The van der Waals surface area contributed by atoms with E-state index in [0.717, 1.165) is 17.1 Å². The summed E-state index contributed by atoms with van der Waals surface area (Å²) in [5.41, 5.74) is 4.00. The monoisotopic (exact) mass is 412 g/mol. The van der Waals surface area contributed by atoms with Gasteiger partial charge in [0, 0.05) is 38.9 Å². The highest BCUT2D eigenvalue weighted by Gasteiger charge is 2.03. The van der Waals surface area contributed by atoms with Crippen molar-refractivity contribution in [2.45, 2.75) is 13.8 Å². The molecule has 0 radical (unpaired) electrons. The molecule has 3 rings (SSSR count). The second-order valence-electron chi connectivity index (χ2n) is 6.17. The summed E-state index contributed by atoms with van der Waals surface area (Å²) in [6.07, 6.45) is 3.06. The molecule has 1 heterocycles. The van der Waals surface area contributed by atoms with Gasteiger partial charge in [-0.2, -0.15) is 0 Å². The first-order chi connectivity index (χ1) is 13.4. The third kappa shape index (κ3) is 5.55. The van der Waals surface area contributed by atoms with Gasteiger partial charge >= 0.3 is 0 Å². The Kier molecular flexibility index (Phi) is 6.29. The number of carbonyl (C=O) groups is 1. The zero-order chi connectivity index (χ0) is 20.1. The van der Waals surface area contributed by atoms with Gasteiger partial charge in [-0.15, -0.1) is 0 Å². The van der Waals surface area contributed by atoms with E-state index in [-0.39, 0.29) is 5.91 Å². The number of halogens is 2. The van der Waals surface area contributed by atoms with Crippen LogP contribution in [0.5, 0.6) is 0 Å². The Balaban J connectivity index is 1.61. The van der Waals surface area contributed by atoms with Crippen LogP contribution in [0.2, 0.25) is 10.0 Å². The number of anilines is 3. The molecule has 0 atom stereocenters. The number of aryl methyl sites for hydroxylation is 2. The fourth-order valence-corrected chi connectivity index (χ4v) is 3.01. The zero-order valence-corrected chi connectivity index (χ0v) is 16.8. The van der Waals surface area contributed by atoms with Crippen molar-refractivity contribution < 1.29 is 4.79 Å². The topological polar surface area (TPSA) is 66.9 Å². The highest BCUT2D eigenvalue weighted by molar-refractivity contribution is 6.35. The molecule has 0 spiro atoms. The van der Waals surface area contributed by atoms with Crippen molar-refractivity contribution >= 4 is 52.5 Å². The quantitative estimate of drug-likeness (QED) is 0.519. The maximum atomic E-state index is 12.1. The van der Waals surface area contributed by atoms with Crippen molar-refractivity contribution in [3.63, 3.8) is 0 Å². The van der Waals surface area contributed by atoms with Gasteiger partial charge in [0.05, 0.1) is 0 Å². The lowest BCUT2D eigenvalue weighted by molar-refractivity contribution is -0.111. The number of carbonyl (C=O) groups excluding carboxylic acids is 1. The summed E-state index contributed by atoms with van der Waals surface area (Å²) in [7, 11) is 0. The maximum absolute atomic E-state index is 12.1. The summed E-state index contributed by atoms with van der Waals surface area (Å²) in [6, 6.07) is 14.3. The van der Waals surface area contributed by atoms with Crippen LogP contribution in [0.3, 0.4) is 0 Å². The molecule has 0 aliphatic carbocycles. The van der Waals surface area contributed by atoms with E-state index < -0.39 is 0 Å². The van der Waals surface area contributed by atoms with Crippen molar-refractivity contribution in [1.29, 1.82) is 0 Å². The zero-order valence-electron chi connectivity index (χ0n) is 15.3. The van der Waals surface area contributed by atoms with Crippen LogP contribution < -0.4 is 10.6 Å². The minimum Gasteiger partial charge on any atom is -0.324 e. The second kappa shape index (κ2) is 8.87. The largest absolute Gasteiger partial charge is 0.324 e. The molecule has 3 aromatic rings. The van der Waals surface area contributed by atoms with Gasteiger partial charge in [0.2, 0.25) is 11.9 Å². The Labute approximate surface area is 173 Å². The molecular formula is C21H18Cl2N4O. The van der Waals surface area contributed by atoms with Crippen molar-refractivity contribution in [1.82, 2.24) is 9.97 Å². The molecule has 0 fully saturated rings. The predicted molar refractivity (Wildman–Crippen MR) is 115 cm³/mol. The van der Waals surface area contributed by atoms with Crippen molar-refractivity contribution in [3.8, 4) is 0 Å². The first kappa shape index (κ1) is 19.9. The number of amides is 1. The Bertz CT molecular complexity index is 1010. The van der Waals surface area contributed by atoms with Gasteiger partial charge in [-0.1, -0.05) is 29.3 Å². The number of nitrogens with zero attached hydrogens (tertiary/aromatic N) is 2. The second-order valence-corrected chi connectivity index (χ2v) is 7.01. The Morgan fingerprint density at radius 3 is 2.21 bits per heavy atom. The fraction of sp³-hybridized carbons (Fsp3) is 0.0952. The highest BCUT2D eigenvalue weighted by Crippen LogP contribution is 2.22. The Morgan fingerprint density at radius 2 is 1.57 bits per heavy atom. The number of hydrogen-bond donors (Lipinski definition) is 2. The summed E-state index contributed by atoms with van der Waals surface area (Å²) in [6.45, 7) is 3.84. The van der Waals surface area contributed by atoms with Crippen LogP contribution in [0.15, 0.2) is 54.6 Å². The van der Waals surface area contributed by atoms with Crippen LogP contribution in [-0.4, -0.2) is 15.9 Å². The van der Waals surface area contributed by atoms with Crippen LogP contribution in [0.1, 0.15) is 17.0 Å². The van der Waals surface area contributed by atoms with Gasteiger partial charge in [0.1, 0.15) is 0 Å². The normalized spacial score (nSPS) is 10.9. The minimum absolute atomic E-state index is 0.260. The van der Waals surface area contributed by atoms with E-state index >= 15 is 0 Å². The third-order valence-electron chi connectivity index (χ3n) is 3.77. The summed E-state index contributed by atoms with van der Waals surface area (Å²) >= 11 is 12.0. The van der Waals surface area contributed by atoms with E-state index in [1.807, 2.05) is 32.0 Å². The highest BCUT2D eigenvalue weighted by atomic mass is 35.5. The molecule has 0 bridgehead atoms. The molecule has 5 nitrogen and oxygen atoms in total. The predicted octanol–water partition coefficient (Wildman–Crippen LogP) is 5.80. The van der Waals surface area contributed by atoms with Crippen LogP contribution in [-0.2, 0) is 4.79 Å². The molecule has 0 saturated heterocycles. The van der Waals surface area contributed by atoms with Gasteiger partial charge in [-0.25, -0.2) is 9.97 Å². The third-order valence-corrected chi connectivity index (χ3v) is 4.33. The maximum Gasteiger partial charge on any atom is 0.248 e. The molecule has 2 N–H and O–H groups in total. The van der Waals surface area contributed by atoms with Crippen molar-refractivity contribution in [2.24, 2.45) is 0 Å². The molecular weight excluding hydrogens is 395 g/mol. The molecule has 142 valence electrons. The molecule has 0 saturated carbocycles. The number of rotatable bonds is 5. The standard InChI is InChI=1S/C21H18Cl2N4O/c1-13-11-14(2)25-21(24-13)27-18-8-6-17(7-9-18)26-20(28)10-4-15-3-5-16(22)12-19(15)23/h3-12H,1-2H3,(H,26,28)(H,24,25,27)/b10-4+. The van der Waals surface area contributed by atoms with Gasteiger partial charge < -0.3 is 10.6 Å². The van der Waals surface area contributed by atoms with Gasteiger partial charge in [-0.05, 0) is 68.0 Å². The average Bonchev–Trinajstić information content (AvgIpc) is 2.62. The van der Waals surface area contributed by atoms with E-state index in [9.17, 15) is 4.79 Å². The first-order valence-corrected chi connectivity index (χ1v) is 9.28. The molecule has 0 aliphatic rings. The smallest absolute Gasteiger partial charge is 0.248 e. The summed E-state index contributed by atoms with van der Waals surface area (Å²) in [4.78, 5) is 20.8. The van der Waals surface area contributed by atoms with E-state index in [1.165, 1.54) is 6.08 Å². The van der Waals surface area contributed by atoms with Crippen LogP contribution in [0, 0.1) is 13.8 Å².